The summed E-state index contributed by atoms with van der Waals surface area (Å²) in [5.41, 5.74) is 1.73. The number of nitriles is 1. The normalized spacial score (nSPS) is 13.7. The topological polar surface area (TPSA) is 56.1 Å². The summed E-state index contributed by atoms with van der Waals surface area (Å²) in [5.74, 6) is 0.203. The molecule has 0 atom stereocenters. The van der Waals surface area contributed by atoms with Crippen molar-refractivity contribution >= 4 is 5.91 Å². The Kier molecular flexibility index (Phi) is 5.77. The Balaban J connectivity index is 1.86. The van der Waals surface area contributed by atoms with Crippen LogP contribution in [0, 0.1) is 11.3 Å². The molecule has 21 heavy (non-hydrogen) atoms. The third kappa shape index (κ3) is 5.20. The Bertz CT molecular complexity index is 500. The molecule has 0 spiro atoms. The molecule has 1 N–H and O–H groups in total. The fourth-order valence-electron chi connectivity index (χ4n) is 2.30. The largest absolute Gasteiger partial charge is 0.338 e. The van der Waals surface area contributed by atoms with Crippen molar-refractivity contribution in [3.05, 3.63) is 35.4 Å². The summed E-state index contributed by atoms with van der Waals surface area (Å²) in [7, 11) is 0. The van der Waals surface area contributed by atoms with Crippen molar-refractivity contribution in [2.24, 2.45) is 0 Å². The van der Waals surface area contributed by atoms with Crippen LogP contribution in [0.2, 0.25) is 0 Å². The van der Waals surface area contributed by atoms with E-state index in [1.54, 1.807) is 12.1 Å². The summed E-state index contributed by atoms with van der Waals surface area (Å²) in [5, 5.41) is 12.2. The first-order chi connectivity index (χ1) is 10.2. The number of carbonyl (C=O) groups is 1. The van der Waals surface area contributed by atoms with Crippen molar-refractivity contribution in [1.82, 2.24) is 10.2 Å². The van der Waals surface area contributed by atoms with Crippen LogP contribution in [-0.4, -0.2) is 29.9 Å². The Morgan fingerprint density at radius 2 is 2.10 bits per heavy atom. The summed E-state index contributed by atoms with van der Waals surface area (Å²) in [6, 6.07) is 10.2. The molecule has 4 nitrogen and oxygen atoms in total. The highest BCUT2D eigenvalue weighted by atomic mass is 16.2. The fraction of sp³-hybridized carbons (Fsp3) is 0.529. The number of benzene rings is 1. The number of nitrogens with zero attached hydrogens (tertiary/aromatic N) is 2. The second-order valence-corrected chi connectivity index (χ2v) is 5.60. The van der Waals surface area contributed by atoms with Gasteiger partial charge >= 0.3 is 0 Å². The van der Waals surface area contributed by atoms with Gasteiger partial charge in [0.2, 0.25) is 5.91 Å². The van der Waals surface area contributed by atoms with Gasteiger partial charge in [0.25, 0.3) is 0 Å². The van der Waals surface area contributed by atoms with Crippen LogP contribution in [0.3, 0.4) is 0 Å². The lowest BCUT2D eigenvalue weighted by atomic mass is 10.1. The molecule has 1 aromatic carbocycles. The second-order valence-electron chi connectivity index (χ2n) is 5.60. The van der Waals surface area contributed by atoms with Crippen LogP contribution in [0.25, 0.3) is 0 Å². The van der Waals surface area contributed by atoms with E-state index >= 15 is 0 Å². The third-order valence-corrected chi connectivity index (χ3v) is 3.65. The van der Waals surface area contributed by atoms with Crippen LogP contribution < -0.4 is 5.32 Å². The van der Waals surface area contributed by atoms with Gasteiger partial charge in [-0.15, -0.1) is 0 Å². The smallest absolute Gasteiger partial charge is 0.224 e. The zero-order chi connectivity index (χ0) is 15.1. The Morgan fingerprint density at radius 1 is 1.38 bits per heavy atom. The van der Waals surface area contributed by atoms with Gasteiger partial charge < -0.3 is 10.2 Å². The summed E-state index contributed by atoms with van der Waals surface area (Å²) in [6.45, 7) is 4.27. The third-order valence-electron chi connectivity index (χ3n) is 3.65. The lowest BCUT2D eigenvalue weighted by Gasteiger charge is -2.22. The van der Waals surface area contributed by atoms with E-state index in [0.29, 0.717) is 24.6 Å². The maximum Gasteiger partial charge on any atom is 0.224 e. The van der Waals surface area contributed by atoms with Gasteiger partial charge in [0.1, 0.15) is 0 Å². The number of hydrogen-bond acceptors (Lipinski definition) is 3. The number of carbonyl (C=O) groups excluding carboxylic acids is 1. The average molecular weight is 285 g/mol. The first-order valence-electron chi connectivity index (χ1n) is 7.73. The molecule has 1 aliphatic rings. The van der Waals surface area contributed by atoms with Crippen molar-refractivity contribution in [2.45, 2.75) is 45.2 Å². The summed E-state index contributed by atoms with van der Waals surface area (Å²) < 4.78 is 0. The average Bonchev–Trinajstić information content (AvgIpc) is 3.31. The molecule has 1 fully saturated rings. The molecule has 1 saturated carbocycles. The molecule has 1 amide bonds. The Labute approximate surface area is 126 Å². The Hall–Kier alpha value is -1.86. The van der Waals surface area contributed by atoms with Gasteiger partial charge in [-0.25, -0.2) is 0 Å². The molecule has 0 bridgehead atoms. The van der Waals surface area contributed by atoms with Gasteiger partial charge in [-0.05, 0) is 37.0 Å². The zero-order valence-corrected chi connectivity index (χ0v) is 12.6. The highest BCUT2D eigenvalue weighted by Crippen LogP contribution is 2.18. The molecule has 4 heteroatoms. The molecule has 0 saturated heterocycles. The molecule has 2 rings (SSSR count). The van der Waals surface area contributed by atoms with Crippen LogP contribution in [0.15, 0.2) is 24.3 Å². The van der Waals surface area contributed by atoms with Crippen LogP contribution in [-0.2, 0) is 11.3 Å². The van der Waals surface area contributed by atoms with E-state index in [4.69, 9.17) is 5.26 Å². The second kappa shape index (κ2) is 7.80. The van der Waals surface area contributed by atoms with E-state index in [2.05, 4.69) is 18.3 Å². The minimum Gasteiger partial charge on any atom is -0.338 e. The monoisotopic (exact) mass is 285 g/mol. The quantitative estimate of drug-likeness (QED) is 0.798. The molecule has 0 aliphatic heterocycles. The zero-order valence-electron chi connectivity index (χ0n) is 12.6. The highest BCUT2D eigenvalue weighted by Gasteiger charge is 2.21. The van der Waals surface area contributed by atoms with Crippen molar-refractivity contribution in [2.75, 3.05) is 13.1 Å². The number of amides is 1. The molecule has 0 unspecified atom stereocenters. The van der Waals surface area contributed by atoms with Crippen molar-refractivity contribution < 1.29 is 4.79 Å². The standard InChI is InChI=1S/C17H23N3O/c1-2-11-20(17(21)9-10-19-16-7-8-16)13-15-5-3-14(12-18)4-6-15/h3-6,16,19H,2,7-11,13H2,1H3. The van der Waals surface area contributed by atoms with E-state index in [9.17, 15) is 4.79 Å². The molecule has 0 aromatic heterocycles. The highest BCUT2D eigenvalue weighted by molar-refractivity contribution is 5.76. The molecule has 112 valence electrons. The molecule has 1 aliphatic carbocycles. The minimum atomic E-state index is 0.203. The number of hydrogen-bond donors (Lipinski definition) is 1. The summed E-state index contributed by atoms with van der Waals surface area (Å²) in [4.78, 5) is 14.2. The minimum absolute atomic E-state index is 0.203. The van der Waals surface area contributed by atoms with Gasteiger partial charge in [0, 0.05) is 32.1 Å². The van der Waals surface area contributed by atoms with Crippen LogP contribution in [0.5, 0.6) is 0 Å². The summed E-state index contributed by atoms with van der Waals surface area (Å²) in [6.07, 6.45) is 4.01. The van der Waals surface area contributed by atoms with Gasteiger partial charge in [0.15, 0.2) is 0 Å². The summed E-state index contributed by atoms with van der Waals surface area (Å²) >= 11 is 0. The maximum absolute atomic E-state index is 12.3. The molecular formula is C17H23N3O. The van der Waals surface area contributed by atoms with Crippen LogP contribution in [0.1, 0.15) is 43.7 Å². The lowest BCUT2D eigenvalue weighted by Crippen LogP contribution is -2.33. The molecular weight excluding hydrogens is 262 g/mol. The number of rotatable bonds is 8. The predicted molar refractivity (Wildman–Crippen MR) is 82.5 cm³/mol. The first-order valence-corrected chi connectivity index (χ1v) is 7.73. The van der Waals surface area contributed by atoms with Crippen LogP contribution >= 0.6 is 0 Å². The lowest BCUT2D eigenvalue weighted by molar-refractivity contribution is -0.131. The van der Waals surface area contributed by atoms with Gasteiger partial charge in [0.05, 0.1) is 11.6 Å². The Morgan fingerprint density at radius 3 is 2.67 bits per heavy atom. The van der Waals surface area contributed by atoms with Gasteiger partial charge in [-0.1, -0.05) is 19.1 Å². The maximum atomic E-state index is 12.3. The number of nitrogens with one attached hydrogen (secondary N) is 1. The van der Waals surface area contributed by atoms with E-state index in [0.717, 1.165) is 25.1 Å². The van der Waals surface area contributed by atoms with Crippen molar-refractivity contribution in [3.63, 3.8) is 0 Å². The molecule has 1 aromatic rings. The van der Waals surface area contributed by atoms with E-state index in [1.807, 2.05) is 17.0 Å². The fourth-order valence-corrected chi connectivity index (χ4v) is 2.30. The van der Waals surface area contributed by atoms with Crippen LogP contribution in [0.4, 0.5) is 0 Å². The molecule has 0 radical (unpaired) electrons. The van der Waals surface area contributed by atoms with Gasteiger partial charge in [-0.3, -0.25) is 4.79 Å². The molecule has 0 heterocycles. The SMILES string of the molecule is CCCN(Cc1ccc(C#N)cc1)C(=O)CCNC1CC1. The van der Waals surface area contributed by atoms with E-state index in [-0.39, 0.29) is 5.91 Å². The predicted octanol–water partition coefficient (Wildman–Crippen LogP) is 2.44. The van der Waals surface area contributed by atoms with Gasteiger partial charge in [-0.2, -0.15) is 5.26 Å². The van der Waals surface area contributed by atoms with Crippen molar-refractivity contribution in [3.8, 4) is 6.07 Å². The van der Waals surface area contributed by atoms with E-state index < -0.39 is 0 Å². The van der Waals surface area contributed by atoms with E-state index in [1.165, 1.54) is 12.8 Å². The van der Waals surface area contributed by atoms with Crippen molar-refractivity contribution in [1.29, 1.82) is 5.26 Å². The first kappa shape index (κ1) is 15.5.